The van der Waals surface area contributed by atoms with Crippen molar-refractivity contribution in [2.75, 3.05) is 32.8 Å². The van der Waals surface area contributed by atoms with E-state index in [1.54, 1.807) is 36.4 Å². The minimum atomic E-state index is -1.05. The average Bonchev–Trinajstić information content (AvgIpc) is 3.71. The number of anilines is 1. The van der Waals surface area contributed by atoms with Gasteiger partial charge in [0.25, 0.3) is 5.78 Å². The number of carbonyl (C=O) groups excluding carboxylic acids is 2. The van der Waals surface area contributed by atoms with E-state index in [4.69, 9.17) is 18.9 Å². The first-order valence-electron chi connectivity index (χ1n) is 16.0. The molecule has 1 fully saturated rings. The summed E-state index contributed by atoms with van der Waals surface area (Å²) in [6.45, 7) is 4.73. The van der Waals surface area contributed by atoms with E-state index in [0.29, 0.717) is 51.2 Å². The summed E-state index contributed by atoms with van der Waals surface area (Å²) in [5, 5.41) is 23.0. The Morgan fingerprint density at radius 2 is 1.60 bits per heavy atom. The molecule has 0 bridgehead atoms. The van der Waals surface area contributed by atoms with Crippen LogP contribution < -0.4 is 23.8 Å². The lowest BCUT2D eigenvalue weighted by Crippen LogP contribution is -2.29. The number of aliphatic hydroxyl groups is 1. The third-order valence-electron chi connectivity index (χ3n) is 8.39. The lowest BCUT2D eigenvalue weighted by atomic mass is 9.95. The van der Waals surface area contributed by atoms with E-state index in [9.17, 15) is 14.7 Å². The molecule has 0 unspecified atom stereocenters. The van der Waals surface area contributed by atoms with Crippen LogP contribution in [-0.4, -0.2) is 54.9 Å². The number of aliphatic hydroxyl groups excluding tert-OH is 1. The van der Waals surface area contributed by atoms with Crippen LogP contribution in [0.3, 0.4) is 0 Å². The van der Waals surface area contributed by atoms with E-state index in [-0.39, 0.29) is 22.0 Å². The van der Waals surface area contributed by atoms with E-state index < -0.39 is 17.7 Å². The van der Waals surface area contributed by atoms with Crippen LogP contribution in [0.4, 0.5) is 5.13 Å². The van der Waals surface area contributed by atoms with Gasteiger partial charge in [-0.25, -0.2) is 0 Å². The molecule has 50 heavy (non-hydrogen) atoms. The molecule has 1 amide bonds. The van der Waals surface area contributed by atoms with E-state index >= 15 is 0 Å². The standard InChI is InChI=1S/C38H37N3O7S2/c1-22(2)17-18-48-29-16-13-24(19-31(29)47-5)33-32(34(42)25-14-15-28(45-3)30(20-25)46-4)35(43)36(44)41(33)37-39-40-38(50-37)49-21-26-11-8-10-23-9-6-7-12-27(23)26/h6-16,19-20,22,33,42H,17-18,21H2,1-5H3/t33-/m1/s1. The quantitative estimate of drug-likeness (QED) is 0.0422. The van der Waals surface area contributed by atoms with Gasteiger partial charge in [0.05, 0.1) is 39.6 Å². The molecule has 4 aromatic carbocycles. The number of aromatic nitrogens is 2. The number of nitrogens with zero attached hydrogens (tertiary/aromatic N) is 3. The molecule has 6 rings (SSSR count). The highest BCUT2D eigenvalue weighted by molar-refractivity contribution is 8.00. The Bertz CT molecular complexity index is 2070. The third kappa shape index (κ3) is 6.99. The molecular weight excluding hydrogens is 675 g/mol. The zero-order valence-electron chi connectivity index (χ0n) is 28.3. The van der Waals surface area contributed by atoms with Crippen LogP contribution in [0, 0.1) is 5.92 Å². The zero-order chi connectivity index (χ0) is 35.4. The molecular formula is C38H37N3O7S2. The highest BCUT2D eigenvalue weighted by Gasteiger charge is 2.48. The molecule has 5 aromatic rings. The van der Waals surface area contributed by atoms with Gasteiger partial charge in [-0.2, -0.15) is 0 Å². The molecule has 10 nitrogen and oxygen atoms in total. The number of hydrogen-bond donors (Lipinski definition) is 1. The van der Waals surface area contributed by atoms with Crippen LogP contribution in [-0.2, 0) is 15.3 Å². The summed E-state index contributed by atoms with van der Waals surface area (Å²) in [5.74, 6) is 0.760. The Kier molecular flexibility index (Phi) is 10.6. The maximum absolute atomic E-state index is 13.9. The summed E-state index contributed by atoms with van der Waals surface area (Å²) in [4.78, 5) is 29.0. The van der Waals surface area contributed by atoms with Gasteiger partial charge in [0.1, 0.15) is 5.76 Å². The van der Waals surface area contributed by atoms with Gasteiger partial charge in [0.15, 0.2) is 27.3 Å². The van der Waals surface area contributed by atoms with Gasteiger partial charge in [-0.3, -0.25) is 14.5 Å². The first kappa shape index (κ1) is 34.8. The van der Waals surface area contributed by atoms with Crippen LogP contribution >= 0.6 is 23.1 Å². The maximum atomic E-state index is 13.9. The number of ether oxygens (including phenoxy) is 4. The fraction of sp³-hybridized carbons (Fsp3) is 0.263. The van der Waals surface area contributed by atoms with Crippen molar-refractivity contribution in [2.45, 2.75) is 36.4 Å². The molecule has 1 atom stereocenters. The first-order chi connectivity index (χ1) is 24.2. The van der Waals surface area contributed by atoms with Crippen LogP contribution in [0.1, 0.15) is 43.0 Å². The number of amides is 1. The minimum Gasteiger partial charge on any atom is -0.507 e. The van der Waals surface area contributed by atoms with E-state index in [1.807, 2.05) is 18.2 Å². The van der Waals surface area contributed by atoms with Gasteiger partial charge in [-0.1, -0.05) is 85.5 Å². The molecule has 0 saturated carbocycles. The second-order valence-electron chi connectivity index (χ2n) is 12.0. The molecule has 12 heteroatoms. The van der Waals surface area contributed by atoms with Crippen LogP contribution in [0.25, 0.3) is 16.5 Å². The molecule has 1 saturated heterocycles. The number of benzene rings is 4. The molecule has 1 aliphatic rings. The average molecular weight is 712 g/mol. The molecule has 1 aromatic heterocycles. The molecule has 258 valence electrons. The van der Waals surface area contributed by atoms with Crippen LogP contribution in [0.5, 0.6) is 23.0 Å². The topological polar surface area (TPSA) is 120 Å². The fourth-order valence-corrected chi connectivity index (χ4v) is 7.65. The Labute approximate surface area is 298 Å². The number of rotatable bonds is 13. The molecule has 0 spiro atoms. The van der Waals surface area contributed by atoms with Crippen molar-refractivity contribution >= 4 is 56.5 Å². The zero-order valence-corrected chi connectivity index (χ0v) is 30.0. The van der Waals surface area contributed by atoms with Crippen molar-refractivity contribution < 1.29 is 33.6 Å². The van der Waals surface area contributed by atoms with Crippen molar-refractivity contribution in [3.63, 3.8) is 0 Å². The van der Waals surface area contributed by atoms with Crippen molar-refractivity contribution in [3.05, 3.63) is 101 Å². The van der Waals surface area contributed by atoms with E-state index in [2.05, 4.69) is 48.3 Å². The monoisotopic (exact) mass is 711 g/mol. The van der Waals surface area contributed by atoms with Crippen molar-refractivity contribution in [1.29, 1.82) is 0 Å². The van der Waals surface area contributed by atoms with Crippen LogP contribution in [0.2, 0.25) is 0 Å². The van der Waals surface area contributed by atoms with Gasteiger partial charge < -0.3 is 24.1 Å². The number of Topliss-reactive ketones (excluding diaryl/α,β-unsaturated/α-hetero) is 1. The smallest absolute Gasteiger partial charge is 0.301 e. The molecule has 1 N–H and O–H groups in total. The van der Waals surface area contributed by atoms with Gasteiger partial charge in [-0.05, 0) is 64.6 Å². The summed E-state index contributed by atoms with van der Waals surface area (Å²) in [7, 11) is 4.51. The summed E-state index contributed by atoms with van der Waals surface area (Å²) < 4.78 is 23.1. The normalized spacial score (nSPS) is 15.6. The Balaban J connectivity index is 1.40. The molecule has 0 aliphatic carbocycles. The van der Waals surface area contributed by atoms with Crippen LogP contribution in [0.15, 0.2) is 88.8 Å². The highest BCUT2D eigenvalue weighted by atomic mass is 32.2. The number of carbonyl (C=O) groups is 2. The number of fused-ring (bicyclic) bond motifs is 1. The maximum Gasteiger partial charge on any atom is 0.301 e. The summed E-state index contributed by atoms with van der Waals surface area (Å²) in [5.41, 5.74) is 1.82. The van der Waals surface area contributed by atoms with Crippen molar-refractivity contribution in [2.24, 2.45) is 5.92 Å². The second kappa shape index (κ2) is 15.2. The third-order valence-corrected chi connectivity index (χ3v) is 10.5. The molecule has 2 heterocycles. The molecule has 1 aliphatic heterocycles. The molecule has 0 radical (unpaired) electrons. The number of ketones is 1. The van der Waals surface area contributed by atoms with Gasteiger partial charge in [-0.15, -0.1) is 10.2 Å². The lowest BCUT2D eigenvalue weighted by Gasteiger charge is -2.23. The Morgan fingerprint density at radius 1 is 0.880 bits per heavy atom. The number of hydrogen-bond acceptors (Lipinski definition) is 11. The number of thioether (sulfide) groups is 1. The summed E-state index contributed by atoms with van der Waals surface area (Å²) in [6, 6.07) is 23.3. The van der Waals surface area contributed by atoms with Crippen molar-refractivity contribution in [3.8, 4) is 23.0 Å². The predicted octanol–water partition coefficient (Wildman–Crippen LogP) is 8.06. The minimum absolute atomic E-state index is 0.113. The Morgan fingerprint density at radius 3 is 2.36 bits per heavy atom. The van der Waals surface area contributed by atoms with E-state index in [1.165, 1.54) is 49.3 Å². The van der Waals surface area contributed by atoms with Gasteiger partial charge in [0.2, 0.25) is 5.13 Å². The fourth-order valence-electron chi connectivity index (χ4n) is 5.78. The number of methoxy groups -OCH3 is 3. The second-order valence-corrected chi connectivity index (χ2v) is 14.1. The Hall–Kier alpha value is -5.07. The SMILES string of the molecule is COc1ccc(C(O)=C2C(=O)C(=O)N(c3nnc(SCc4cccc5ccccc45)s3)[C@@H]2c2ccc(OCCC(C)C)c(OC)c2)cc1OC. The first-order valence-corrected chi connectivity index (χ1v) is 17.8. The van der Waals surface area contributed by atoms with E-state index in [0.717, 1.165) is 22.8 Å². The van der Waals surface area contributed by atoms with Crippen molar-refractivity contribution in [1.82, 2.24) is 10.2 Å². The van der Waals surface area contributed by atoms with Gasteiger partial charge in [0, 0.05) is 11.3 Å². The van der Waals surface area contributed by atoms with Gasteiger partial charge >= 0.3 is 5.91 Å². The summed E-state index contributed by atoms with van der Waals surface area (Å²) in [6.07, 6.45) is 0.855. The summed E-state index contributed by atoms with van der Waals surface area (Å²) >= 11 is 2.70. The predicted molar refractivity (Wildman–Crippen MR) is 196 cm³/mol. The highest BCUT2D eigenvalue weighted by Crippen LogP contribution is 2.46. The lowest BCUT2D eigenvalue weighted by molar-refractivity contribution is -0.132. The largest absolute Gasteiger partial charge is 0.507 e.